The third-order valence-corrected chi connectivity index (χ3v) is 4.49. The van der Waals surface area contributed by atoms with Crippen molar-refractivity contribution in [2.45, 2.75) is 18.4 Å². The van der Waals surface area contributed by atoms with E-state index in [4.69, 9.17) is 22.1 Å². The van der Waals surface area contributed by atoms with Crippen LogP contribution in [0.4, 0.5) is 5.69 Å². The van der Waals surface area contributed by atoms with Gasteiger partial charge in [-0.15, -0.1) is 0 Å². The van der Waals surface area contributed by atoms with Crippen LogP contribution in [0.2, 0.25) is 5.02 Å². The summed E-state index contributed by atoms with van der Waals surface area (Å²) in [6.07, 6.45) is 0.997. The number of piperidine rings is 1. The number of nitrogens with two attached hydrogens (primary N) is 1. The van der Waals surface area contributed by atoms with Crippen molar-refractivity contribution in [3.63, 3.8) is 0 Å². The molecule has 0 bridgehead atoms. The van der Waals surface area contributed by atoms with Crippen molar-refractivity contribution in [1.29, 1.82) is 0 Å². The molecule has 1 saturated heterocycles. The van der Waals surface area contributed by atoms with E-state index in [1.165, 1.54) is 11.3 Å². The quantitative estimate of drug-likeness (QED) is 0.939. The van der Waals surface area contributed by atoms with E-state index >= 15 is 0 Å². The van der Waals surface area contributed by atoms with Crippen molar-refractivity contribution < 1.29 is 4.74 Å². The maximum Gasteiger partial charge on any atom is 0.119 e. The van der Waals surface area contributed by atoms with Crippen molar-refractivity contribution in [1.82, 2.24) is 0 Å². The maximum absolute atomic E-state index is 6.29. The van der Waals surface area contributed by atoms with E-state index in [0.717, 1.165) is 30.3 Å². The first kappa shape index (κ1) is 15.2. The van der Waals surface area contributed by atoms with Crippen molar-refractivity contribution in [2.24, 2.45) is 5.73 Å². The van der Waals surface area contributed by atoms with Gasteiger partial charge >= 0.3 is 0 Å². The van der Waals surface area contributed by atoms with Gasteiger partial charge < -0.3 is 15.4 Å². The number of halogens is 1. The predicted octanol–water partition coefficient (Wildman–Crippen LogP) is 3.67. The topological polar surface area (TPSA) is 38.5 Å². The summed E-state index contributed by atoms with van der Waals surface area (Å²) in [6, 6.07) is 16.4. The van der Waals surface area contributed by atoms with Gasteiger partial charge in [-0.05, 0) is 48.4 Å². The summed E-state index contributed by atoms with van der Waals surface area (Å²) < 4.78 is 5.34. The standard InChI is InChI=1S/C18H21ClN2O/c1-22-18-4-2-3-13(10-18)14-9-16(20)12-21(11-14)17-7-5-15(19)6-8-17/h2-8,10,14,16H,9,11-12,20H2,1H3. The molecule has 1 fully saturated rings. The zero-order valence-electron chi connectivity index (χ0n) is 12.7. The summed E-state index contributed by atoms with van der Waals surface area (Å²) in [4.78, 5) is 2.34. The van der Waals surface area contributed by atoms with Crippen molar-refractivity contribution in [2.75, 3.05) is 25.1 Å². The van der Waals surface area contributed by atoms with Crippen molar-refractivity contribution in [3.8, 4) is 5.75 Å². The maximum atomic E-state index is 6.29. The lowest BCUT2D eigenvalue weighted by Gasteiger charge is -2.38. The van der Waals surface area contributed by atoms with E-state index in [1.807, 2.05) is 24.3 Å². The zero-order valence-corrected chi connectivity index (χ0v) is 13.5. The summed E-state index contributed by atoms with van der Waals surface area (Å²) in [5, 5.41) is 0.759. The number of benzene rings is 2. The van der Waals surface area contributed by atoms with Crippen LogP contribution in [0.25, 0.3) is 0 Å². The number of rotatable bonds is 3. The Kier molecular flexibility index (Phi) is 4.55. The second-order valence-electron chi connectivity index (χ2n) is 5.85. The molecular weight excluding hydrogens is 296 g/mol. The zero-order chi connectivity index (χ0) is 15.5. The molecule has 3 nitrogen and oxygen atoms in total. The smallest absolute Gasteiger partial charge is 0.119 e. The third-order valence-electron chi connectivity index (χ3n) is 4.24. The summed E-state index contributed by atoms with van der Waals surface area (Å²) in [7, 11) is 1.70. The van der Waals surface area contributed by atoms with E-state index in [1.54, 1.807) is 7.11 Å². The average Bonchev–Trinajstić information content (AvgIpc) is 2.55. The molecule has 1 aliphatic rings. The Morgan fingerprint density at radius 2 is 1.91 bits per heavy atom. The lowest BCUT2D eigenvalue weighted by atomic mass is 9.88. The second-order valence-corrected chi connectivity index (χ2v) is 6.29. The van der Waals surface area contributed by atoms with Gasteiger partial charge in [-0.25, -0.2) is 0 Å². The fourth-order valence-corrected chi connectivity index (χ4v) is 3.26. The van der Waals surface area contributed by atoms with Gasteiger partial charge in [-0.1, -0.05) is 23.7 Å². The lowest BCUT2D eigenvalue weighted by molar-refractivity contribution is 0.411. The molecule has 0 spiro atoms. The lowest BCUT2D eigenvalue weighted by Crippen LogP contribution is -2.46. The summed E-state index contributed by atoms with van der Waals surface area (Å²) in [5.74, 6) is 1.31. The molecule has 2 N–H and O–H groups in total. The first-order valence-electron chi connectivity index (χ1n) is 7.56. The molecule has 3 rings (SSSR count). The highest BCUT2D eigenvalue weighted by molar-refractivity contribution is 6.30. The van der Waals surface area contributed by atoms with Crippen LogP contribution >= 0.6 is 11.6 Å². The van der Waals surface area contributed by atoms with Crippen molar-refractivity contribution >= 4 is 17.3 Å². The Hall–Kier alpha value is -1.71. The summed E-state index contributed by atoms with van der Waals surface area (Å²) in [5.41, 5.74) is 8.75. The van der Waals surface area contributed by atoms with Gasteiger partial charge in [0.25, 0.3) is 0 Å². The van der Waals surface area contributed by atoms with E-state index < -0.39 is 0 Å². The highest BCUT2D eigenvalue weighted by Crippen LogP contribution is 2.31. The van der Waals surface area contributed by atoms with Crippen LogP contribution in [0, 0.1) is 0 Å². The Morgan fingerprint density at radius 3 is 2.64 bits per heavy atom. The Labute approximate surface area is 136 Å². The Bertz CT molecular complexity index is 629. The van der Waals surface area contributed by atoms with E-state index in [2.05, 4.69) is 29.2 Å². The van der Waals surface area contributed by atoms with Gasteiger partial charge in [0.05, 0.1) is 7.11 Å². The van der Waals surface area contributed by atoms with Gasteiger partial charge in [0.2, 0.25) is 0 Å². The SMILES string of the molecule is COc1cccc(C2CC(N)CN(c3ccc(Cl)cc3)C2)c1. The fourth-order valence-electron chi connectivity index (χ4n) is 3.14. The van der Waals surface area contributed by atoms with Crippen LogP contribution in [0.3, 0.4) is 0 Å². The summed E-state index contributed by atoms with van der Waals surface area (Å²) in [6.45, 7) is 1.84. The molecule has 0 aromatic heterocycles. The number of anilines is 1. The minimum Gasteiger partial charge on any atom is -0.497 e. The Morgan fingerprint density at radius 1 is 1.14 bits per heavy atom. The van der Waals surface area contributed by atoms with E-state index in [9.17, 15) is 0 Å². The molecule has 4 heteroatoms. The van der Waals surface area contributed by atoms with Gasteiger partial charge in [-0.2, -0.15) is 0 Å². The van der Waals surface area contributed by atoms with Gasteiger partial charge in [0.1, 0.15) is 5.75 Å². The predicted molar refractivity (Wildman–Crippen MR) is 92.0 cm³/mol. The molecule has 2 aromatic rings. The second kappa shape index (κ2) is 6.59. The largest absolute Gasteiger partial charge is 0.497 e. The first-order chi connectivity index (χ1) is 10.7. The van der Waals surface area contributed by atoms with Crippen LogP contribution in [0.5, 0.6) is 5.75 Å². The minimum absolute atomic E-state index is 0.167. The highest BCUT2D eigenvalue weighted by atomic mass is 35.5. The first-order valence-corrected chi connectivity index (χ1v) is 7.93. The molecule has 0 amide bonds. The minimum atomic E-state index is 0.167. The fraction of sp³-hybridized carbons (Fsp3) is 0.333. The number of hydrogen-bond donors (Lipinski definition) is 1. The molecule has 1 heterocycles. The van der Waals surface area contributed by atoms with E-state index in [0.29, 0.717) is 5.92 Å². The van der Waals surface area contributed by atoms with Gasteiger partial charge in [0, 0.05) is 35.8 Å². The molecule has 2 aromatic carbocycles. The molecule has 0 aliphatic carbocycles. The van der Waals surface area contributed by atoms with Crippen LogP contribution in [-0.4, -0.2) is 26.2 Å². The monoisotopic (exact) mass is 316 g/mol. The number of hydrogen-bond acceptors (Lipinski definition) is 3. The van der Waals surface area contributed by atoms with E-state index in [-0.39, 0.29) is 6.04 Å². The van der Waals surface area contributed by atoms with Crippen molar-refractivity contribution in [3.05, 3.63) is 59.1 Å². The highest BCUT2D eigenvalue weighted by Gasteiger charge is 2.26. The molecule has 1 aliphatic heterocycles. The Balaban J connectivity index is 1.82. The molecule has 2 unspecified atom stereocenters. The average molecular weight is 317 g/mol. The van der Waals surface area contributed by atoms with Crippen LogP contribution in [0.15, 0.2) is 48.5 Å². The number of ether oxygens (including phenoxy) is 1. The van der Waals surface area contributed by atoms with Crippen LogP contribution < -0.4 is 15.4 Å². The number of methoxy groups -OCH3 is 1. The van der Waals surface area contributed by atoms with Gasteiger partial charge in [0.15, 0.2) is 0 Å². The normalized spacial score (nSPS) is 21.7. The van der Waals surface area contributed by atoms with Crippen LogP contribution in [-0.2, 0) is 0 Å². The van der Waals surface area contributed by atoms with Gasteiger partial charge in [-0.3, -0.25) is 0 Å². The molecule has 0 saturated carbocycles. The van der Waals surface area contributed by atoms with Crippen LogP contribution in [0.1, 0.15) is 17.9 Å². The number of nitrogens with zero attached hydrogens (tertiary/aromatic N) is 1. The molecule has 0 radical (unpaired) electrons. The molecular formula is C18H21ClN2O. The molecule has 2 atom stereocenters. The molecule has 116 valence electrons. The molecule has 22 heavy (non-hydrogen) atoms. The summed E-state index contributed by atoms with van der Waals surface area (Å²) >= 11 is 5.98. The third kappa shape index (κ3) is 3.37.